The van der Waals surface area contributed by atoms with E-state index in [9.17, 15) is 22.4 Å². The molecule has 0 radical (unpaired) electrons. The summed E-state index contributed by atoms with van der Waals surface area (Å²) in [5.41, 5.74) is 1.16. The number of benzene rings is 2. The van der Waals surface area contributed by atoms with Gasteiger partial charge in [-0.25, -0.2) is 9.37 Å². The second-order valence-corrected chi connectivity index (χ2v) is 8.27. The topological polar surface area (TPSA) is 36.4 Å². The smallest absolute Gasteiger partial charge is 0.368 e. The fourth-order valence-corrected chi connectivity index (χ4v) is 4.54. The summed E-state index contributed by atoms with van der Waals surface area (Å²) in [6.07, 6.45) is -4.39. The predicted molar refractivity (Wildman–Crippen MR) is 112 cm³/mol. The number of halogens is 4. The molecule has 1 aliphatic heterocycles. The van der Waals surface area contributed by atoms with Gasteiger partial charge in [-0.05, 0) is 49.4 Å². The lowest BCUT2D eigenvalue weighted by Crippen LogP contribution is -2.48. The summed E-state index contributed by atoms with van der Waals surface area (Å²) >= 11 is 1.26. The number of alkyl halides is 3. The number of hydrogen-bond acceptors (Lipinski definition) is 4. The lowest BCUT2D eigenvalue weighted by molar-refractivity contribution is -0.137. The van der Waals surface area contributed by atoms with Crippen LogP contribution in [0.5, 0.6) is 0 Å². The number of hydrogen-bond donors (Lipinski definition) is 0. The quantitative estimate of drug-likeness (QED) is 0.513. The zero-order valence-electron chi connectivity index (χ0n) is 16.6. The van der Waals surface area contributed by atoms with Gasteiger partial charge in [-0.1, -0.05) is 6.07 Å². The first-order valence-electron chi connectivity index (χ1n) is 9.67. The highest BCUT2D eigenvalue weighted by molar-refractivity contribution is 7.17. The Kier molecular flexibility index (Phi) is 5.70. The van der Waals surface area contributed by atoms with Crippen molar-refractivity contribution in [3.05, 3.63) is 70.5 Å². The summed E-state index contributed by atoms with van der Waals surface area (Å²) in [5.74, 6) is -0.487. The Morgan fingerprint density at radius 3 is 2.35 bits per heavy atom. The Hall–Kier alpha value is -2.94. The van der Waals surface area contributed by atoms with Crippen LogP contribution in [0.3, 0.4) is 0 Å². The maximum absolute atomic E-state index is 13.2. The van der Waals surface area contributed by atoms with Crippen LogP contribution in [0.25, 0.3) is 10.6 Å². The zero-order chi connectivity index (χ0) is 22.2. The van der Waals surface area contributed by atoms with Gasteiger partial charge >= 0.3 is 6.18 Å². The SMILES string of the molecule is Cc1nc(-c2ccc(F)cc2)sc1C(=O)N1CCN(c2cccc(C(F)(F)F)c2)CC1. The molecule has 4 nitrogen and oxygen atoms in total. The number of aromatic nitrogens is 1. The number of rotatable bonds is 3. The van der Waals surface area contributed by atoms with Gasteiger partial charge in [0.05, 0.1) is 11.3 Å². The minimum absolute atomic E-state index is 0.146. The van der Waals surface area contributed by atoms with Crippen molar-refractivity contribution in [3.8, 4) is 10.6 Å². The van der Waals surface area contributed by atoms with Crippen LogP contribution in [-0.4, -0.2) is 42.0 Å². The van der Waals surface area contributed by atoms with Gasteiger partial charge in [0.15, 0.2) is 0 Å². The van der Waals surface area contributed by atoms with Crippen molar-refractivity contribution in [1.82, 2.24) is 9.88 Å². The van der Waals surface area contributed by atoms with Crippen LogP contribution in [0.2, 0.25) is 0 Å². The molecule has 31 heavy (non-hydrogen) atoms. The molecule has 2 heterocycles. The van der Waals surface area contributed by atoms with E-state index in [0.717, 1.165) is 17.7 Å². The van der Waals surface area contributed by atoms with E-state index < -0.39 is 11.7 Å². The molecule has 0 atom stereocenters. The Bertz CT molecular complexity index is 1090. The summed E-state index contributed by atoms with van der Waals surface area (Å²) in [4.78, 5) is 21.5. The minimum Gasteiger partial charge on any atom is -0.368 e. The fraction of sp³-hybridized carbons (Fsp3) is 0.273. The first kappa shape index (κ1) is 21.3. The highest BCUT2D eigenvalue weighted by Gasteiger charge is 2.31. The number of aryl methyl sites for hydroxylation is 1. The van der Waals surface area contributed by atoms with Gasteiger partial charge in [0, 0.05) is 37.4 Å². The third-order valence-corrected chi connectivity index (χ3v) is 6.38. The highest BCUT2D eigenvalue weighted by atomic mass is 32.1. The third-order valence-electron chi connectivity index (χ3n) is 5.19. The molecule has 0 aliphatic carbocycles. The normalized spacial score (nSPS) is 14.7. The summed E-state index contributed by atoms with van der Waals surface area (Å²) in [5, 5.41) is 0.642. The molecule has 1 amide bonds. The van der Waals surface area contributed by atoms with Gasteiger partial charge in [-0.3, -0.25) is 4.79 Å². The van der Waals surface area contributed by atoms with Crippen molar-refractivity contribution >= 4 is 22.9 Å². The Balaban J connectivity index is 1.45. The van der Waals surface area contributed by atoms with Crippen LogP contribution >= 0.6 is 11.3 Å². The second kappa shape index (κ2) is 8.30. The Labute approximate surface area is 180 Å². The molecule has 0 bridgehead atoms. The predicted octanol–water partition coefficient (Wildman–Crippen LogP) is 5.24. The zero-order valence-corrected chi connectivity index (χ0v) is 17.4. The molecular weight excluding hydrogens is 430 g/mol. The molecule has 0 saturated carbocycles. The molecule has 4 rings (SSSR count). The number of amides is 1. The summed E-state index contributed by atoms with van der Waals surface area (Å²) in [6, 6.07) is 11.2. The molecule has 2 aromatic carbocycles. The Morgan fingerprint density at radius 2 is 1.71 bits per heavy atom. The Morgan fingerprint density at radius 1 is 1.03 bits per heavy atom. The van der Waals surface area contributed by atoms with Gasteiger partial charge in [-0.2, -0.15) is 13.2 Å². The standard InChI is InChI=1S/C22H19F4N3OS/c1-14-19(31-20(27-14)15-5-7-17(23)8-6-15)21(30)29-11-9-28(10-12-29)18-4-2-3-16(13-18)22(24,25)26/h2-8,13H,9-12H2,1H3. The molecule has 0 unspecified atom stereocenters. The van der Waals surface area contributed by atoms with Crippen LogP contribution < -0.4 is 4.90 Å². The third kappa shape index (κ3) is 4.56. The average molecular weight is 449 g/mol. The van der Waals surface area contributed by atoms with Crippen molar-refractivity contribution in [2.24, 2.45) is 0 Å². The molecule has 3 aromatic rings. The maximum atomic E-state index is 13.2. The van der Waals surface area contributed by atoms with Crippen molar-refractivity contribution < 1.29 is 22.4 Å². The van der Waals surface area contributed by atoms with Crippen LogP contribution in [0.15, 0.2) is 48.5 Å². The molecule has 0 spiro atoms. The summed E-state index contributed by atoms with van der Waals surface area (Å²) in [7, 11) is 0. The minimum atomic E-state index is -4.39. The monoisotopic (exact) mass is 449 g/mol. The van der Waals surface area contributed by atoms with E-state index in [1.807, 2.05) is 4.90 Å². The number of anilines is 1. The van der Waals surface area contributed by atoms with Crippen LogP contribution in [-0.2, 0) is 6.18 Å². The maximum Gasteiger partial charge on any atom is 0.416 e. The summed E-state index contributed by atoms with van der Waals surface area (Å²) in [6.45, 7) is 3.44. The molecule has 1 aromatic heterocycles. The van der Waals surface area contributed by atoms with E-state index in [1.54, 1.807) is 30.0 Å². The fourth-order valence-electron chi connectivity index (χ4n) is 3.50. The van der Waals surface area contributed by atoms with E-state index in [0.29, 0.717) is 47.4 Å². The lowest BCUT2D eigenvalue weighted by Gasteiger charge is -2.36. The first-order valence-corrected chi connectivity index (χ1v) is 10.5. The van der Waals surface area contributed by atoms with E-state index >= 15 is 0 Å². The molecular formula is C22H19F4N3OS. The van der Waals surface area contributed by atoms with E-state index in [1.165, 1.54) is 29.5 Å². The average Bonchev–Trinajstić information content (AvgIpc) is 3.15. The summed E-state index contributed by atoms with van der Waals surface area (Å²) < 4.78 is 52.1. The molecule has 162 valence electrons. The molecule has 9 heteroatoms. The second-order valence-electron chi connectivity index (χ2n) is 7.27. The number of piperazine rings is 1. The first-order chi connectivity index (χ1) is 14.7. The van der Waals surface area contributed by atoms with Gasteiger partial charge in [0.2, 0.25) is 0 Å². The van der Waals surface area contributed by atoms with Crippen molar-refractivity contribution in [2.45, 2.75) is 13.1 Å². The lowest BCUT2D eigenvalue weighted by atomic mass is 10.1. The van der Waals surface area contributed by atoms with E-state index in [2.05, 4.69) is 4.98 Å². The number of nitrogens with zero attached hydrogens (tertiary/aromatic N) is 3. The van der Waals surface area contributed by atoms with Crippen LogP contribution in [0.4, 0.5) is 23.2 Å². The van der Waals surface area contributed by atoms with Gasteiger partial charge in [0.25, 0.3) is 5.91 Å². The van der Waals surface area contributed by atoms with Crippen LogP contribution in [0, 0.1) is 12.7 Å². The molecule has 1 fully saturated rings. The molecule has 0 N–H and O–H groups in total. The number of thiazole rings is 1. The van der Waals surface area contributed by atoms with E-state index in [4.69, 9.17) is 0 Å². The largest absolute Gasteiger partial charge is 0.416 e. The van der Waals surface area contributed by atoms with Crippen molar-refractivity contribution in [2.75, 3.05) is 31.1 Å². The van der Waals surface area contributed by atoms with Crippen LogP contribution in [0.1, 0.15) is 20.9 Å². The van der Waals surface area contributed by atoms with Crippen molar-refractivity contribution in [1.29, 1.82) is 0 Å². The molecule has 1 saturated heterocycles. The molecule has 1 aliphatic rings. The number of carbonyl (C=O) groups excluding carboxylic acids is 1. The van der Waals surface area contributed by atoms with E-state index in [-0.39, 0.29) is 11.7 Å². The van der Waals surface area contributed by atoms with Gasteiger partial charge in [-0.15, -0.1) is 11.3 Å². The van der Waals surface area contributed by atoms with Crippen molar-refractivity contribution in [3.63, 3.8) is 0 Å². The van der Waals surface area contributed by atoms with Gasteiger partial charge in [0.1, 0.15) is 15.7 Å². The highest BCUT2D eigenvalue weighted by Crippen LogP contribution is 2.32. The van der Waals surface area contributed by atoms with Gasteiger partial charge < -0.3 is 9.80 Å². The number of carbonyl (C=O) groups is 1.